The zero-order valence-electron chi connectivity index (χ0n) is 12.2. The van der Waals surface area contributed by atoms with Crippen LogP contribution in [-0.2, 0) is 0 Å². The Morgan fingerprint density at radius 3 is 2.87 bits per heavy atom. The SMILES string of the molecule is O=C(c1ccc2c(c1)OCO2)N1CCC(O)c2cc(Cl)ccc21. The summed E-state index contributed by atoms with van der Waals surface area (Å²) in [5.74, 6) is 1.07. The van der Waals surface area contributed by atoms with Crippen molar-refractivity contribution >= 4 is 23.2 Å². The van der Waals surface area contributed by atoms with Crippen molar-refractivity contribution in [2.45, 2.75) is 12.5 Å². The van der Waals surface area contributed by atoms with Crippen LogP contribution in [0, 0.1) is 0 Å². The number of carbonyl (C=O) groups excluding carboxylic acids is 1. The van der Waals surface area contributed by atoms with Gasteiger partial charge >= 0.3 is 0 Å². The largest absolute Gasteiger partial charge is 0.454 e. The summed E-state index contributed by atoms with van der Waals surface area (Å²) in [6.45, 7) is 0.618. The van der Waals surface area contributed by atoms with Crippen LogP contribution in [0.1, 0.15) is 28.4 Å². The molecule has 118 valence electrons. The molecule has 2 aliphatic rings. The number of anilines is 1. The highest BCUT2D eigenvalue weighted by molar-refractivity contribution is 6.30. The molecule has 2 aliphatic heterocycles. The predicted octanol–water partition coefficient (Wildman–Crippen LogP) is 3.15. The average molecular weight is 332 g/mol. The summed E-state index contributed by atoms with van der Waals surface area (Å²) in [6, 6.07) is 10.3. The zero-order valence-corrected chi connectivity index (χ0v) is 12.9. The highest BCUT2D eigenvalue weighted by Gasteiger charge is 2.29. The molecule has 0 saturated heterocycles. The minimum Gasteiger partial charge on any atom is -0.454 e. The van der Waals surface area contributed by atoms with Gasteiger partial charge in [-0.25, -0.2) is 0 Å². The number of carbonyl (C=O) groups is 1. The van der Waals surface area contributed by atoms with E-state index in [1.165, 1.54) is 0 Å². The fraction of sp³-hybridized carbons (Fsp3) is 0.235. The second kappa shape index (κ2) is 5.44. The molecular formula is C17H14ClNO4. The predicted molar refractivity (Wildman–Crippen MR) is 85.3 cm³/mol. The molecule has 1 atom stereocenters. The summed E-state index contributed by atoms with van der Waals surface area (Å²) in [5, 5.41) is 10.7. The smallest absolute Gasteiger partial charge is 0.258 e. The number of hydrogen-bond donors (Lipinski definition) is 1. The lowest BCUT2D eigenvalue weighted by Crippen LogP contribution is -2.36. The minimum absolute atomic E-state index is 0.140. The highest BCUT2D eigenvalue weighted by atomic mass is 35.5. The molecule has 2 heterocycles. The van der Waals surface area contributed by atoms with E-state index in [-0.39, 0.29) is 12.7 Å². The second-order valence-electron chi connectivity index (χ2n) is 5.53. The zero-order chi connectivity index (χ0) is 16.0. The fourth-order valence-electron chi connectivity index (χ4n) is 2.96. The van der Waals surface area contributed by atoms with Crippen LogP contribution in [0.2, 0.25) is 5.02 Å². The van der Waals surface area contributed by atoms with Crippen LogP contribution in [0.15, 0.2) is 36.4 Å². The molecule has 0 aliphatic carbocycles. The van der Waals surface area contributed by atoms with Crippen molar-refractivity contribution in [2.24, 2.45) is 0 Å². The Morgan fingerprint density at radius 1 is 1.17 bits per heavy atom. The Hall–Kier alpha value is -2.24. The maximum Gasteiger partial charge on any atom is 0.258 e. The number of rotatable bonds is 1. The third-order valence-electron chi connectivity index (χ3n) is 4.13. The van der Waals surface area contributed by atoms with Crippen LogP contribution in [0.25, 0.3) is 0 Å². The number of halogens is 1. The maximum absolute atomic E-state index is 12.9. The van der Waals surface area contributed by atoms with E-state index in [4.69, 9.17) is 21.1 Å². The van der Waals surface area contributed by atoms with Crippen molar-refractivity contribution in [3.05, 3.63) is 52.5 Å². The van der Waals surface area contributed by atoms with Crippen molar-refractivity contribution in [2.75, 3.05) is 18.2 Å². The van der Waals surface area contributed by atoms with E-state index in [1.807, 2.05) is 0 Å². The second-order valence-corrected chi connectivity index (χ2v) is 5.97. The van der Waals surface area contributed by atoms with Crippen LogP contribution in [0.5, 0.6) is 11.5 Å². The third-order valence-corrected chi connectivity index (χ3v) is 4.37. The van der Waals surface area contributed by atoms with Crippen molar-refractivity contribution in [1.82, 2.24) is 0 Å². The number of hydrogen-bond acceptors (Lipinski definition) is 4. The first kappa shape index (κ1) is 14.4. The first-order valence-electron chi connectivity index (χ1n) is 7.32. The quantitative estimate of drug-likeness (QED) is 0.872. The summed E-state index contributed by atoms with van der Waals surface area (Å²) < 4.78 is 10.6. The summed E-state index contributed by atoms with van der Waals surface area (Å²) >= 11 is 6.01. The van der Waals surface area contributed by atoms with Gasteiger partial charge < -0.3 is 19.5 Å². The molecule has 2 aromatic rings. The summed E-state index contributed by atoms with van der Waals surface area (Å²) in [4.78, 5) is 14.5. The molecule has 1 amide bonds. The molecule has 0 spiro atoms. The van der Waals surface area contributed by atoms with Gasteiger partial charge in [-0.1, -0.05) is 11.6 Å². The Labute approximate surface area is 138 Å². The molecular weight excluding hydrogens is 318 g/mol. The Morgan fingerprint density at radius 2 is 2.00 bits per heavy atom. The third kappa shape index (κ3) is 2.42. The van der Waals surface area contributed by atoms with Gasteiger partial charge in [0.05, 0.1) is 6.10 Å². The van der Waals surface area contributed by atoms with E-state index in [0.717, 1.165) is 0 Å². The van der Waals surface area contributed by atoms with Crippen molar-refractivity contribution < 1.29 is 19.4 Å². The van der Waals surface area contributed by atoms with Crippen LogP contribution < -0.4 is 14.4 Å². The molecule has 2 aromatic carbocycles. The summed E-state index contributed by atoms with van der Waals surface area (Å²) in [7, 11) is 0. The first-order valence-corrected chi connectivity index (χ1v) is 7.70. The van der Waals surface area contributed by atoms with Gasteiger partial charge in [0.2, 0.25) is 6.79 Å². The van der Waals surface area contributed by atoms with Crippen LogP contribution >= 0.6 is 11.6 Å². The molecule has 5 nitrogen and oxygen atoms in total. The van der Waals surface area contributed by atoms with E-state index in [9.17, 15) is 9.90 Å². The number of fused-ring (bicyclic) bond motifs is 2. The minimum atomic E-state index is -0.607. The molecule has 1 unspecified atom stereocenters. The van der Waals surface area contributed by atoms with Gasteiger partial charge in [0, 0.05) is 28.4 Å². The number of benzene rings is 2. The van der Waals surface area contributed by atoms with Gasteiger partial charge in [-0.2, -0.15) is 0 Å². The van der Waals surface area contributed by atoms with Crippen LogP contribution in [-0.4, -0.2) is 24.4 Å². The van der Waals surface area contributed by atoms with E-state index < -0.39 is 6.10 Å². The molecule has 6 heteroatoms. The summed E-state index contributed by atoms with van der Waals surface area (Å²) in [6.07, 6.45) is -0.131. The van der Waals surface area contributed by atoms with Crippen molar-refractivity contribution in [3.8, 4) is 11.5 Å². The van der Waals surface area contributed by atoms with E-state index in [2.05, 4.69) is 0 Å². The first-order chi connectivity index (χ1) is 11.1. The molecule has 0 fully saturated rings. The lowest BCUT2D eigenvalue weighted by Gasteiger charge is -2.32. The lowest BCUT2D eigenvalue weighted by molar-refractivity contribution is 0.0970. The number of aliphatic hydroxyl groups is 1. The Kier molecular flexibility index (Phi) is 3.39. The number of ether oxygens (including phenoxy) is 2. The monoisotopic (exact) mass is 331 g/mol. The number of aliphatic hydroxyl groups excluding tert-OH is 1. The highest BCUT2D eigenvalue weighted by Crippen LogP contribution is 2.37. The van der Waals surface area contributed by atoms with Crippen molar-refractivity contribution in [3.63, 3.8) is 0 Å². The lowest BCUT2D eigenvalue weighted by atomic mass is 9.98. The Bertz CT molecular complexity index is 792. The standard InChI is InChI=1S/C17H14ClNO4/c18-11-2-3-13-12(8-11)14(20)5-6-19(13)17(21)10-1-4-15-16(7-10)23-9-22-15/h1-4,7-8,14,20H,5-6,9H2. The average Bonchev–Trinajstić information content (AvgIpc) is 3.02. The van der Waals surface area contributed by atoms with Gasteiger partial charge in [0.1, 0.15) is 0 Å². The van der Waals surface area contributed by atoms with Gasteiger partial charge in [0.15, 0.2) is 11.5 Å². The van der Waals surface area contributed by atoms with E-state index in [1.54, 1.807) is 41.3 Å². The molecule has 23 heavy (non-hydrogen) atoms. The van der Waals surface area contributed by atoms with Crippen molar-refractivity contribution in [1.29, 1.82) is 0 Å². The maximum atomic E-state index is 12.9. The summed E-state index contributed by atoms with van der Waals surface area (Å²) in [5.41, 5.74) is 1.89. The fourth-order valence-corrected chi connectivity index (χ4v) is 3.14. The topological polar surface area (TPSA) is 59.0 Å². The van der Waals surface area contributed by atoms with E-state index >= 15 is 0 Å². The van der Waals surface area contributed by atoms with Crippen LogP contribution in [0.3, 0.4) is 0 Å². The number of nitrogens with zero attached hydrogens (tertiary/aromatic N) is 1. The Balaban J connectivity index is 1.71. The molecule has 0 aromatic heterocycles. The van der Waals surface area contributed by atoms with Gasteiger partial charge in [-0.05, 0) is 42.8 Å². The molecule has 0 saturated carbocycles. The van der Waals surface area contributed by atoms with Gasteiger partial charge in [-0.15, -0.1) is 0 Å². The molecule has 4 rings (SSSR count). The normalized spacial score (nSPS) is 18.7. The van der Waals surface area contributed by atoms with Crippen LogP contribution in [0.4, 0.5) is 5.69 Å². The molecule has 0 radical (unpaired) electrons. The van der Waals surface area contributed by atoms with E-state index in [0.29, 0.717) is 46.3 Å². The van der Waals surface area contributed by atoms with Gasteiger partial charge in [-0.3, -0.25) is 4.79 Å². The molecule has 0 bridgehead atoms. The number of amides is 1. The van der Waals surface area contributed by atoms with Gasteiger partial charge in [0.25, 0.3) is 5.91 Å². The molecule has 1 N–H and O–H groups in total.